The highest BCUT2D eigenvalue weighted by Gasteiger charge is 2.09. The number of nitrogens with one attached hydrogen (secondary N) is 1. The first-order chi connectivity index (χ1) is 7.61. The van der Waals surface area contributed by atoms with Gasteiger partial charge in [-0.25, -0.2) is 4.98 Å². The molecule has 92 valence electrons. The third kappa shape index (κ3) is 4.93. The largest absolute Gasteiger partial charge is 0.348 e. The van der Waals surface area contributed by atoms with Crippen molar-refractivity contribution in [3.8, 4) is 0 Å². The lowest BCUT2D eigenvalue weighted by Crippen LogP contribution is -2.32. The highest BCUT2D eigenvalue weighted by molar-refractivity contribution is 5.90. The Morgan fingerprint density at radius 1 is 1.50 bits per heavy atom. The van der Waals surface area contributed by atoms with E-state index >= 15 is 0 Å². The van der Waals surface area contributed by atoms with E-state index in [0.29, 0.717) is 12.4 Å². The molecule has 0 saturated heterocycles. The molecule has 1 aromatic rings. The van der Waals surface area contributed by atoms with Gasteiger partial charge in [-0.2, -0.15) is 0 Å². The molecule has 16 heavy (non-hydrogen) atoms. The standard InChI is InChI=1S/C9H16N4O.C2H6/c1-12(2)6-4-11-9(14)8-10-5-7-13(8)3;1-2/h5,7H,4,6H2,1-3H3,(H,11,14);1-2H3. The van der Waals surface area contributed by atoms with E-state index in [4.69, 9.17) is 0 Å². The van der Waals surface area contributed by atoms with Gasteiger partial charge in [0.25, 0.3) is 5.91 Å². The van der Waals surface area contributed by atoms with Gasteiger partial charge in [-0.1, -0.05) is 13.8 Å². The third-order valence-electron chi connectivity index (χ3n) is 1.87. The normalized spacial score (nSPS) is 9.62. The van der Waals surface area contributed by atoms with Crippen molar-refractivity contribution >= 4 is 5.91 Å². The number of carbonyl (C=O) groups is 1. The molecular weight excluding hydrogens is 204 g/mol. The molecule has 0 aliphatic rings. The number of hydrogen-bond donors (Lipinski definition) is 1. The van der Waals surface area contributed by atoms with E-state index in [1.54, 1.807) is 24.0 Å². The topological polar surface area (TPSA) is 50.2 Å². The molecule has 0 aliphatic carbocycles. The maximum atomic E-state index is 11.5. The molecule has 1 rings (SSSR count). The number of rotatable bonds is 4. The predicted octanol–water partition coefficient (Wildman–Crippen LogP) is 0.738. The minimum Gasteiger partial charge on any atom is -0.348 e. The van der Waals surface area contributed by atoms with Crippen LogP contribution < -0.4 is 5.32 Å². The molecule has 1 N–H and O–H groups in total. The smallest absolute Gasteiger partial charge is 0.287 e. The van der Waals surface area contributed by atoms with Crippen LogP contribution >= 0.6 is 0 Å². The van der Waals surface area contributed by atoms with Gasteiger partial charge in [-0.3, -0.25) is 4.79 Å². The molecular formula is C11H22N4O. The van der Waals surface area contributed by atoms with Crippen molar-refractivity contribution in [3.63, 3.8) is 0 Å². The Bertz CT molecular complexity index is 307. The van der Waals surface area contributed by atoms with Gasteiger partial charge in [0.05, 0.1) is 0 Å². The summed E-state index contributed by atoms with van der Waals surface area (Å²) >= 11 is 0. The summed E-state index contributed by atoms with van der Waals surface area (Å²) in [6.45, 7) is 5.47. The number of imidazole rings is 1. The van der Waals surface area contributed by atoms with E-state index < -0.39 is 0 Å². The number of nitrogens with zero attached hydrogens (tertiary/aromatic N) is 3. The molecule has 0 atom stereocenters. The Balaban J connectivity index is 0.00000106. The minimum atomic E-state index is -0.126. The number of hydrogen-bond acceptors (Lipinski definition) is 3. The summed E-state index contributed by atoms with van der Waals surface area (Å²) in [4.78, 5) is 17.5. The van der Waals surface area contributed by atoms with Crippen LogP contribution in [-0.4, -0.2) is 47.5 Å². The van der Waals surface area contributed by atoms with E-state index in [1.807, 2.05) is 32.8 Å². The van der Waals surface area contributed by atoms with Crippen molar-refractivity contribution in [1.29, 1.82) is 0 Å². The van der Waals surface area contributed by atoms with Gasteiger partial charge in [0.15, 0.2) is 5.82 Å². The molecule has 1 aromatic heterocycles. The van der Waals surface area contributed by atoms with Gasteiger partial charge in [0.2, 0.25) is 0 Å². The second kappa shape index (κ2) is 7.87. The summed E-state index contributed by atoms with van der Waals surface area (Å²) in [5.74, 6) is 0.322. The lowest BCUT2D eigenvalue weighted by molar-refractivity contribution is 0.0937. The summed E-state index contributed by atoms with van der Waals surface area (Å²) in [6, 6.07) is 0. The molecule has 0 radical (unpaired) electrons. The Kier molecular flexibility index (Phi) is 7.20. The zero-order valence-corrected chi connectivity index (χ0v) is 10.8. The van der Waals surface area contributed by atoms with E-state index in [-0.39, 0.29) is 5.91 Å². The highest BCUT2D eigenvalue weighted by Crippen LogP contribution is 1.92. The van der Waals surface area contributed by atoms with Gasteiger partial charge >= 0.3 is 0 Å². The molecule has 1 amide bonds. The van der Waals surface area contributed by atoms with E-state index in [0.717, 1.165) is 6.54 Å². The number of amides is 1. The Morgan fingerprint density at radius 2 is 2.12 bits per heavy atom. The third-order valence-corrected chi connectivity index (χ3v) is 1.87. The molecule has 0 aromatic carbocycles. The first-order valence-electron chi connectivity index (χ1n) is 5.51. The van der Waals surface area contributed by atoms with Crippen LogP contribution in [0, 0.1) is 0 Å². The number of aromatic nitrogens is 2. The van der Waals surface area contributed by atoms with Crippen molar-refractivity contribution in [2.24, 2.45) is 7.05 Å². The highest BCUT2D eigenvalue weighted by atomic mass is 16.2. The molecule has 0 fully saturated rings. The van der Waals surface area contributed by atoms with Crippen LogP contribution in [-0.2, 0) is 7.05 Å². The molecule has 5 heteroatoms. The minimum absolute atomic E-state index is 0.126. The van der Waals surface area contributed by atoms with Gasteiger partial charge in [0.1, 0.15) is 0 Å². The lowest BCUT2D eigenvalue weighted by atomic mass is 10.5. The van der Waals surface area contributed by atoms with E-state index in [1.165, 1.54) is 0 Å². The maximum absolute atomic E-state index is 11.5. The molecule has 5 nitrogen and oxygen atoms in total. The fourth-order valence-electron chi connectivity index (χ4n) is 1.06. The zero-order valence-electron chi connectivity index (χ0n) is 10.8. The Morgan fingerprint density at radius 3 is 2.56 bits per heavy atom. The summed E-state index contributed by atoms with van der Waals surface area (Å²) < 4.78 is 1.70. The SMILES string of the molecule is CC.CN(C)CCNC(=O)c1nccn1C. The Hall–Kier alpha value is -1.36. The molecule has 0 aliphatic heterocycles. The van der Waals surface area contributed by atoms with Gasteiger partial charge in [-0.05, 0) is 14.1 Å². The van der Waals surface area contributed by atoms with Gasteiger partial charge in [-0.15, -0.1) is 0 Å². The predicted molar refractivity (Wildman–Crippen MR) is 65.4 cm³/mol. The van der Waals surface area contributed by atoms with Crippen molar-refractivity contribution in [2.45, 2.75) is 13.8 Å². The van der Waals surface area contributed by atoms with E-state index in [2.05, 4.69) is 10.3 Å². The Labute approximate surface area is 97.5 Å². The fourth-order valence-corrected chi connectivity index (χ4v) is 1.06. The van der Waals surface area contributed by atoms with Crippen molar-refractivity contribution in [1.82, 2.24) is 19.8 Å². The molecule has 0 bridgehead atoms. The molecule has 0 spiro atoms. The summed E-state index contributed by atoms with van der Waals surface area (Å²) in [6.07, 6.45) is 3.36. The van der Waals surface area contributed by atoms with Crippen LogP contribution in [0.3, 0.4) is 0 Å². The van der Waals surface area contributed by atoms with Crippen molar-refractivity contribution < 1.29 is 4.79 Å². The number of carbonyl (C=O) groups excluding carboxylic acids is 1. The summed E-state index contributed by atoms with van der Waals surface area (Å²) in [5.41, 5.74) is 0. The van der Waals surface area contributed by atoms with Crippen LogP contribution in [0.15, 0.2) is 12.4 Å². The summed E-state index contributed by atoms with van der Waals surface area (Å²) in [7, 11) is 5.73. The van der Waals surface area contributed by atoms with Crippen molar-refractivity contribution in [2.75, 3.05) is 27.2 Å². The second-order valence-electron chi connectivity index (χ2n) is 3.42. The monoisotopic (exact) mass is 226 g/mol. The van der Waals surface area contributed by atoms with Crippen LogP contribution in [0.5, 0.6) is 0 Å². The maximum Gasteiger partial charge on any atom is 0.287 e. The average Bonchev–Trinajstić information content (AvgIpc) is 2.67. The van der Waals surface area contributed by atoms with Gasteiger partial charge in [0, 0.05) is 32.5 Å². The quantitative estimate of drug-likeness (QED) is 0.823. The van der Waals surface area contributed by atoms with E-state index in [9.17, 15) is 4.79 Å². The van der Waals surface area contributed by atoms with Gasteiger partial charge < -0.3 is 14.8 Å². The molecule has 0 saturated carbocycles. The first kappa shape index (κ1) is 14.6. The molecule has 1 heterocycles. The van der Waals surface area contributed by atoms with Crippen molar-refractivity contribution in [3.05, 3.63) is 18.2 Å². The van der Waals surface area contributed by atoms with Crippen LogP contribution in [0.1, 0.15) is 24.5 Å². The molecule has 0 unspecified atom stereocenters. The summed E-state index contributed by atoms with van der Waals surface area (Å²) in [5, 5.41) is 2.79. The van der Waals surface area contributed by atoms with Crippen LogP contribution in [0.4, 0.5) is 0 Å². The second-order valence-corrected chi connectivity index (χ2v) is 3.42. The number of likely N-dealkylation sites (N-methyl/N-ethyl adjacent to an activating group) is 1. The number of aryl methyl sites for hydroxylation is 1. The van der Waals surface area contributed by atoms with Crippen LogP contribution in [0.25, 0.3) is 0 Å². The average molecular weight is 226 g/mol. The lowest BCUT2D eigenvalue weighted by Gasteiger charge is -2.09. The first-order valence-corrected chi connectivity index (χ1v) is 5.51. The fraction of sp³-hybridized carbons (Fsp3) is 0.636. The van der Waals surface area contributed by atoms with Crippen LogP contribution in [0.2, 0.25) is 0 Å². The zero-order chi connectivity index (χ0) is 12.6.